The topological polar surface area (TPSA) is 225 Å². The molecule has 15 heteroatoms. The molecule has 2 heterocycles. The van der Waals surface area contributed by atoms with Crippen molar-refractivity contribution in [2.75, 3.05) is 26.4 Å². The number of hydrogen-bond donors (Lipinski definition) is 4. The number of ketones is 1. The number of aliphatic hydroxyl groups is 4. The molecule has 3 unspecified atom stereocenters. The predicted octanol–water partition coefficient (Wildman–Crippen LogP) is 5.48. The van der Waals surface area contributed by atoms with E-state index in [1.165, 1.54) is 6.92 Å². The lowest BCUT2D eigenvalue weighted by Crippen LogP contribution is -2.36. The van der Waals surface area contributed by atoms with Gasteiger partial charge in [-0.15, -0.1) is 10.1 Å². The van der Waals surface area contributed by atoms with Gasteiger partial charge in [-0.25, -0.2) is 9.59 Å². The van der Waals surface area contributed by atoms with Crippen molar-refractivity contribution in [1.29, 1.82) is 0 Å². The third-order valence-corrected chi connectivity index (χ3v) is 6.55. The molecule has 0 spiro atoms. The molecule has 4 amide bonds. The fraction of sp³-hybridized carbons (Fsp3) is 0.816. The van der Waals surface area contributed by atoms with E-state index in [1.54, 1.807) is 6.92 Å². The lowest BCUT2D eigenvalue weighted by molar-refractivity contribution is -0.200. The average molecular weight is 769 g/mol. The molecule has 2 saturated heterocycles. The molecule has 53 heavy (non-hydrogen) atoms. The highest BCUT2D eigenvalue weighted by Crippen LogP contribution is 2.16. The van der Waals surface area contributed by atoms with Gasteiger partial charge in [0.2, 0.25) is 0 Å². The van der Waals surface area contributed by atoms with Crippen molar-refractivity contribution in [2.24, 2.45) is 17.8 Å². The van der Waals surface area contributed by atoms with Gasteiger partial charge in [0, 0.05) is 59.0 Å². The normalized spacial score (nSPS) is 14.0. The van der Waals surface area contributed by atoms with Crippen LogP contribution in [0.2, 0.25) is 0 Å². The van der Waals surface area contributed by atoms with E-state index in [0.717, 1.165) is 45.4 Å². The Labute approximate surface area is 319 Å². The fourth-order valence-electron chi connectivity index (χ4n) is 3.83. The first kappa shape index (κ1) is 61.8. The van der Waals surface area contributed by atoms with Crippen LogP contribution in [0.1, 0.15) is 161 Å². The Morgan fingerprint density at radius 3 is 1.09 bits per heavy atom. The summed E-state index contributed by atoms with van der Waals surface area (Å²) in [5.41, 5.74) is 0. The van der Waals surface area contributed by atoms with Crippen LogP contribution in [0.25, 0.3) is 0 Å². The van der Waals surface area contributed by atoms with Gasteiger partial charge in [-0.1, -0.05) is 76.2 Å². The first-order valence-corrected chi connectivity index (χ1v) is 19.3. The van der Waals surface area contributed by atoms with Gasteiger partial charge in [-0.3, -0.25) is 24.0 Å². The zero-order chi connectivity index (χ0) is 42.9. The van der Waals surface area contributed by atoms with Gasteiger partial charge in [-0.2, -0.15) is 0 Å². The average Bonchev–Trinajstić information content (AvgIpc) is 3.64. The molecule has 15 nitrogen and oxygen atoms in total. The summed E-state index contributed by atoms with van der Waals surface area (Å²) in [5.74, 6) is -3.65. The molecule has 0 saturated carbocycles. The van der Waals surface area contributed by atoms with Crippen LogP contribution in [-0.4, -0.2) is 98.3 Å². The molecule has 0 aromatic heterocycles. The third-order valence-electron chi connectivity index (χ3n) is 6.55. The first-order chi connectivity index (χ1) is 25.2. The van der Waals surface area contributed by atoms with Gasteiger partial charge in [0.1, 0.15) is 11.7 Å². The maximum atomic E-state index is 11.5. The van der Waals surface area contributed by atoms with E-state index in [-0.39, 0.29) is 64.3 Å². The Bertz CT molecular complexity index is 897. The van der Waals surface area contributed by atoms with Crippen LogP contribution in [0.3, 0.4) is 0 Å². The summed E-state index contributed by atoms with van der Waals surface area (Å²) in [6.07, 6.45) is 6.13. The summed E-state index contributed by atoms with van der Waals surface area (Å²) in [6.45, 7) is 25.3. The summed E-state index contributed by atoms with van der Waals surface area (Å²) in [5, 5.41) is 34.8. The molecule has 0 radical (unpaired) electrons. The second kappa shape index (κ2) is 44.9. The number of aliphatic hydroxyl groups excluding tert-OH is 4. The minimum atomic E-state index is -0.916. The summed E-state index contributed by atoms with van der Waals surface area (Å²) in [6, 6.07) is 0. The highest BCUT2D eigenvalue weighted by Gasteiger charge is 2.35. The van der Waals surface area contributed by atoms with Gasteiger partial charge in [0.15, 0.2) is 0 Å². The van der Waals surface area contributed by atoms with Crippen LogP contribution >= 0.6 is 0 Å². The molecule has 2 aliphatic rings. The maximum Gasteiger partial charge on any atom is 0.343 e. The van der Waals surface area contributed by atoms with Crippen molar-refractivity contribution in [1.82, 2.24) is 10.1 Å². The molecule has 3 atom stereocenters. The van der Waals surface area contributed by atoms with Crippen molar-refractivity contribution in [3.8, 4) is 0 Å². The Kier molecular flexibility index (Phi) is 52.3. The van der Waals surface area contributed by atoms with E-state index in [4.69, 9.17) is 20.4 Å². The van der Waals surface area contributed by atoms with Gasteiger partial charge < -0.3 is 30.1 Å². The first-order valence-electron chi connectivity index (χ1n) is 19.3. The molecular formula is C38H76N2O13. The van der Waals surface area contributed by atoms with Gasteiger partial charge in [-0.05, 0) is 63.7 Å². The van der Waals surface area contributed by atoms with E-state index in [1.807, 2.05) is 55.4 Å². The van der Waals surface area contributed by atoms with E-state index in [2.05, 4.69) is 23.5 Å². The SMILES string of the molecule is CC.CC.CC.CC.CC(=O)ON1C(=O)CCC1=O.CC(CCO)CCCO.CC(CCO)CCCO.CCC(C(C)=O)C(=O)ON1C(=O)CCC1=O. The van der Waals surface area contributed by atoms with Crippen molar-refractivity contribution >= 4 is 41.4 Å². The Hall–Kier alpha value is -3.27. The van der Waals surface area contributed by atoms with Crippen molar-refractivity contribution in [3.63, 3.8) is 0 Å². The minimum Gasteiger partial charge on any atom is -0.396 e. The lowest BCUT2D eigenvalue weighted by Gasteiger charge is -2.15. The Morgan fingerprint density at radius 1 is 0.566 bits per heavy atom. The number of imide groups is 2. The van der Waals surface area contributed by atoms with Crippen LogP contribution in [0.15, 0.2) is 0 Å². The van der Waals surface area contributed by atoms with Gasteiger partial charge in [0.25, 0.3) is 23.6 Å². The summed E-state index contributed by atoms with van der Waals surface area (Å²) >= 11 is 0. The quantitative estimate of drug-likeness (QED) is 0.120. The Morgan fingerprint density at radius 2 is 0.868 bits per heavy atom. The fourth-order valence-corrected chi connectivity index (χ4v) is 3.83. The molecule has 2 fully saturated rings. The molecule has 0 aromatic rings. The molecule has 0 aliphatic carbocycles. The van der Waals surface area contributed by atoms with Crippen LogP contribution in [0.5, 0.6) is 0 Å². The zero-order valence-corrected chi connectivity index (χ0v) is 35.2. The van der Waals surface area contributed by atoms with Crippen LogP contribution in [0, 0.1) is 17.8 Å². The molecule has 0 bridgehead atoms. The van der Waals surface area contributed by atoms with Gasteiger partial charge in [0.05, 0.1) is 0 Å². The minimum absolute atomic E-state index is 0.0446. The number of carbonyl (C=O) groups is 7. The highest BCUT2D eigenvalue weighted by molar-refractivity contribution is 6.03. The highest BCUT2D eigenvalue weighted by atomic mass is 16.7. The smallest absolute Gasteiger partial charge is 0.343 e. The Balaban J connectivity index is -0.000000134. The van der Waals surface area contributed by atoms with E-state index >= 15 is 0 Å². The standard InChI is InChI=1S/C10H13NO5.2C7H16O2.C6H7NO4.4C2H6/c1-3-7(6(2)12)10(15)16-11-8(13)4-5-9(11)14;2*1-7(4-6-9)3-2-5-8;1-4(8)11-7-5(9)2-3-6(7)10;4*1-2/h7H,3-5H2,1-2H3;2*7-9H,2-6H2,1H3;2-3H2,1H3;4*1-2H3. The molecule has 316 valence electrons. The van der Waals surface area contributed by atoms with Crippen molar-refractivity contribution in [3.05, 3.63) is 0 Å². The number of Topliss-reactive ketones (excluding diaryl/α,β-unsaturated/α-hetero) is 1. The van der Waals surface area contributed by atoms with Crippen LogP contribution < -0.4 is 0 Å². The molecule has 0 aromatic carbocycles. The third kappa shape index (κ3) is 35.5. The number of hydroxylamine groups is 4. The number of hydrogen-bond acceptors (Lipinski definition) is 13. The molecule has 2 rings (SSSR count). The van der Waals surface area contributed by atoms with Crippen molar-refractivity contribution in [2.45, 2.75) is 161 Å². The summed E-state index contributed by atoms with van der Waals surface area (Å²) in [7, 11) is 0. The van der Waals surface area contributed by atoms with E-state index in [0.29, 0.717) is 22.0 Å². The molecule has 4 N–H and O–H groups in total. The monoisotopic (exact) mass is 769 g/mol. The summed E-state index contributed by atoms with van der Waals surface area (Å²) < 4.78 is 0. The van der Waals surface area contributed by atoms with E-state index in [9.17, 15) is 33.6 Å². The largest absolute Gasteiger partial charge is 0.396 e. The van der Waals surface area contributed by atoms with Crippen LogP contribution in [-0.2, 0) is 43.2 Å². The second-order valence-corrected chi connectivity index (χ2v) is 10.7. The second-order valence-electron chi connectivity index (χ2n) is 10.7. The van der Waals surface area contributed by atoms with Gasteiger partial charge >= 0.3 is 11.9 Å². The molecule has 2 aliphatic heterocycles. The maximum absolute atomic E-state index is 11.5. The summed E-state index contributed by atoms with van der Waals surface area (Å²) in [4.78, 5) is 85.6. The predicted molar refractivity (Wildman–Crippen MR) is 204 cm³/mol. The van der Waals surface area contributed by atoms with E-state index < -0.39 is 41.5 Å². The number of carbonyl (C=O) groups excluding carboxylic acids is 7. The number of amides is 4. The number of rotatable bonds is 15. The number of nitrogens with zero attached hydrogens (tertiary/aromatic N) is 2. The zero-order valence-electron chi connectivity index (χ0n) is 35.2. The lowest BCUT2D eigenvalue weighted by atomic mass is 10.0. The van der Waals surface area contributed by atoms with Crippen LogP contribution in [0.4, 0.5) is 0 Å². The molecular weight excluding hydrogens is 692 g/mol. The van der Waals surface area contributed by atoms with Crippen molar-refractivity contribution < 1.29 is 63.7 Å².